The lowest BCUT2D eigenvalue weighted by molar-refractivity contribution is 0.0735. The van der Waals surface area contributed by atoms with Crippen LogP contribution in [0.15, 0.2) is 61.3 Å². The lowest BCUT2D eigenvalue weighted by Crippen LogP contribution is -2.30. The number of halogens is 1. The highest BCUT2D eigenvalue weighted by atomic mass is 35.5. The number of hydrogen-bond donors (Lipinski definition) is 0. The zero-order valence-corrected chi connectivity index (χ0v) is 14.3. The fourth-order valence-electron chi connectivity index (χ4n) is 3.30. The molecule has 1 amide bonds. The van der Waals surface area contributed by atoms with Crippen molar-refractivity contribution in [1.29, 1.82) is 0 Å². The molecule has 0 radical (unpaired) electrons. The highest BCUT2D eigenvalue weighted by Crippen LogP contribution is 2.36. The normalized spacial score (nSPS) is 17.0. The lowest BCUT2D eigenvalue weighted by atomic mass is 10.0. The summed E-state index contributed by atoms with van der Waals surface area (Å²) in [6.45, 7) is 0.734. The van der Waals surface area contributed by atoms with Crippen molar-refractivity contribution < 1.29 is 4.79 Å². The van der Waals surface area contributed by atoms with Crippen LogP contribution < -0.4 is 0 Å². The van der Waals surface area contributed by atoms with E-state index in [9.17, 15) is 4.79 Å². The molecular weight excluding hydrogens is 336 g/mol. The third kappa shape index (κ3) is 3.03. The number of benzene rings is 1. The van der Waals surface area contributed by atoms with Gasteiger partial charge in [0.25, 0.3) is 5.91 Å². The van der Waals surface area contributed by atoms with Gasteiger partial charge in [0.05, 0.1) is 11.6 Å². The van der Waals surface area contributed by atoms with Crippen molar-refractivity contribution in [1.82, 2.24) is 19.4 Å². The number of nitrogens with zero attached hydrogens (tertiary/aromatic N) is 4. The van der Waals surface area contributed by atoms with E-state index in [1.165, 1.54) is 0 Å². The van der Waals surface area contributed by atoms with Gasteiger partial charge in [-0.25, -0.2) is 9.97 Å². The molecule has 0 unspecified atom stereocenters. The second kappa shape index (κ2) is 6.69. The van der Waals surface area contributed by atoms with Gasteiger partial charge in [-0.15, -0.1) is 0 Å². The Kier molecular flexibility index (Phi) is 4.24. The minimum absolute atomic E-state index is 0.00731. The van der Waals surface area contributed by atoms with E-state index in [4.69, 9.17) is 11.6 Å². The van der Waals surface area contributed by atoms with Gasteiger partial charge < -0.3 is 4.90 Å². The van der Waals surface area contributed by atoms with Crippen molar-refractivity contribution >= 4 is 17.5 Å². The predicted molar refractivity (Wildman–Crippen MR) is 95.8 cm³/mol. The maximum absolute atomic E-state index is 13.0. The number of pyridine rings is 1. The molecule has 0 aliphatic carbocycles. The molecule has 0 N–H and O–H groups in total. The van der Waals surface area contributed by atoms with Crippen LogP contribution in [0.2, 0.25) is 5.02 Å². The maximum Gasteiger partial charge on any atom is 0.255 e. The van der Waals surface area contributed by atoms with Gasteiger partial charge >= 0.3 is 0 Å². The molecule has 3 aromatic rings. The molecule has 1 fully saturated rings. The number of carbonyl (C=O) groups is 1. The Bertz CT molecular complexity index is 877. The molecule has 0 spiro atoms. The van der Waals surface area contributed by atoms with E-state index in [2.05, 4.69) is 9.97 Å². The number of carbonyl (C=O) groups excluding carboxylic acids is 1. The van der Waals surface area contributed by atoms with E-state index >= 15 is 0 Å². The summed E-state index contributed by atoms with van der Waals surface area (Å²) in [5.41, 5.74) is 1.60. The van der Waals surface area contributed by atoms with Crippen LogP contribution in [0.3, 0.4) is 0 Å². The average molecular weight is 353 g/mol. The van der Waals surface area contributed by atoms with Crippen LogP contribution in [-0.4, -0.2) is 31.9 Å². The Morgan fingerprint density at radius 1 is 1.20 bits per heavy atom. The zero-order valence-electron chi connectivity index (χ0n) is 13.5. The van der Waals surface area contributed by atoms with Crippen LogP contribution in [0.1, 0.15) is 34.8 Å². The molecule has 4 rings (SSSR count). The Morgan fingerprint density at radius 2 is 2.08 bits per heavy atom. The van der Waals surface area contributed by atoms with Crippen LogP contribution in [0.5, 0.6) is 0 Å². The minimum Gasteiger partial charge on any atom is -0.332 e. The number of rotatable bonds is 3. The highest BCUT2D eigenvalue weighted by Gasteiger charge is 2.31. The molecular formula is C19H17ClN4O. The summed E-state index contributed by atoms with van der Waals surface area (Å²) in [4.78, 5) is 23.2. The Hall–Kier alpha value is -2.66. The first-order valence-electron chi connectivity index (χ1n) is 8.24. The third-order valence-corrected chi connectivity index (χ3v) is 4.89. The Morgan fingerprint density at radius 3 is 2.80 bits per heavy atom. The van der Waals surface area contributed by atoms with Crippen LogP contribution in [0, 0.1) is 0 Å². The molecule has 1 saturated heterocycles. The third-order valence-electron chi connectivity index (χ3n) is 4.54. The first-order chi connectivity index (χ1) is 12.2. The Balaban J connectivity index is 1.58. The lowest BCUT2D eigenvalue weighted by Gasteiger charge is -2.26. The van der Waals surface area contributed by atoms with E-state index in [1.807, 2.05) is 47.5 Å². The summed E-state index contributed by atoms with van der Waals surface area (Å²) in [7, 11) is 0. The van der Waals surface area contributed by atoms with Crippen LogP contribution in [-0.2, 0) is 0 Å². The van der Waals surface area contributed by atoms with E-state index in [0.29, 0.717) is 10.6 Å². The summed E-state index contributed by atoms with van der Waals surface area (Å²) in [5, 5.41) is 0.709. The molecule has 2 aromatic heterocycles. The van der Waals surface area contributed by atoms with Gasteiger partial charge in [-0.1, -0.05) is 29.8 Å². The second-order valence-corrected chi connectivity index (χ2v) is 6.46. The fraction of sp³-hybridized carbons (Fsp3) is 0.211. The zero-order chi connectivity index (χ0) is 17.2. The first-order valence-corrected chi connectivity index (χ1v) is 8.61. The van der Waals surface area contributed by atoms with Gasteiger partial charge in [0, 0.05) is 30.2 Å². The van der Waals surface area contributed by atoms with Crippen molar-refractivity contribution in [2.24, 2.45) is 0 Å². The van der Waals surface area contributed by atoms with Crippen molar-refractivity contribution in [3.8, 4) is 5.82 Å². The van der Waals surface area contributed by atoms with Crippen LogP contribution in [0.4, 0.5) is 0 Å². The van der Waals surface area contributed by atoms with E-state index < -0.39 is 0 Å². The molecule has 126 valence electrons. The molecule has 25 heavy (non-hydrogen) atoms. The van der Waals surface area contributed by atoms with Gasteiger partial charge in [-0.3, -0.25) is 9.36 Å². The molecule has 3 heterocycles. The van der Waals surface area contributed by atoms with Gasteiger partial charge in [-0.2, -0.15) is 0 Å². The number of imidazole rings is 1. The van der Waals surface area contributed by atoms with Gasteiger partial charge in [-0.05, 0) is 36.6 Å². The molecule has 5 nitrogen and oxygen atoms in total. The first kappa shape index (κ1) is 15.8. The van der Waals surface area contributed by atoms with Crippen molar-refractivity contribution in [2.75, 3.05) is 6.54 Å². The summed E-state index contributed by atoms with van der Waals surface area (Å²) < 4.78 is 1.80. The van der Waals surface area contributed by atoms with Gasteiger partial charge in [0.1, 0.15) is 12.1 Å². The van der Waals surface area contributed by atoms with E-state index in [1.54, 1.807) is 23.3 Å². The highest BCUT2D eigenvalue weighted by molar-refractivity contribution is 6.31. The number of hydrogen-bond acceptors (Lipinski definition) is 3. The monoisotopic (exact) mass is 352 g/mol. The van der Waals surface area contributed by atoms with E-state index in [0.717, 1.165) is 30.8 Å². The van der Waals surface area contributed by atoms with Gasteiger partial charge in [0.2, 0.25) is 0 Å². The molecule has 0 saturated carbocycles. The van der Waals surface area contributed by atoms with Crippen LogP contribution in [0.25, 0.3) is 5.82 Å². The molecule has 0 bridgehead atoms. The van der Waals surface area contributed by atoms with E-state index in [-0.39, 0.29) is 11.9 Å². The summed E-state index contributed by atoms with van der Waals surface area (Å²) in [5.74, 6) is 0.727. The smallest absolute Gasteiger partial charge is 0.255 e. The molecule has 6 heteroatoms. The molecule has 1 aliphatic rings. The molecule has 1 aromatic carbocycles. The average Bonchev–Trinajstić information content (AvgIpc) is 3.34. The summed E-state index contributed by atoms with van der Waals surface area (Å²) in [6, 6.07) is 11.4. The van der Waals surface area contributed by atoms with Crippen LogP contribution >= 0.6 is 11.6 Å². The minimum atomic E-state index is -0.00731. The quantitative estimate of drug-likeness (QED) is 0.718. The summed E-state index contributed by atoms with van der Waals surface area (Å²) >= 11 is 6.34. The largest absolute Gasteiger partial charge is 0.332 e. The standard InChI is InChI=1S/C19H17ClN4O/c20-16-5-2-1-4-15(16)17-6-3-10-24(17)19(25)14-7-8-18(22-12-14)23-11-9-21-13-23/h1-2,4-5,7-9,11-13,17H,3,6,10H2/t17-/m0/s1. The van der Waals surface area contributed by atoms with Crippen molar-refractivity contribution in [3.05, 3.63) is 77.5 Å². The number of aromatic nitrogens is 3. The molecule has 1 aliphatic heterocycles. The topological polar surface area (TPSA) is 51.0 Å². The SMILES string of the molecule is O=C(c1ccc(-n2ccnc2)nc1)N1CCC[C@H]1c1ccccc1Cl. The fourth-order valence-corrected chi connectivity index (χ4v) is 3.57. The second-order valence-electron chi connectivity index (χ2n) is 6.05. The predicted octanol–water partition coefficient (Wildman–Crippen LogP) is 3.90. The number of likely N-dealkylation sites (tertiary alicyclic amines) is 1. The number of amides is 1. The van der Waals surface area contributed by atoms with Gasteiger partial charge in [0.15, 0.2) is 0 Å². The maximum atomic E-state index is 13.0. The summed E-state index contributed by atoms with van der Waals surface area (Å²) in [6.07, 6.45) is 8.71. The Labute approximate surface area is 150 Å². The molecule has 1 atom stereocenters. The van der Waals surface area contributed by atoms with Crippen molar-refractivity contribution in [2.45, 2.75) is 18.9 Å². The van der Waals surface area contributed by atoms with Crippen molar-refractivity contribution in [3.63, 3.8) is 0 Å².